The molecular weight excluding hydrogens is 328 g/mol. The molecule has 0 amide bonds. The third-order valence-corrected chi connectivity index (χ3v) is 4.95. The number of ether oxygens (including phenoxy) is 1. The van der Waals surface area contributed by atoms with Crippen molar-refractivity contribution < 1.29 is 4.74 Å². The van der Waals surface area contributed by atoms with E-state index in [0.29, 0.717) is 0 Å². The molecule has 1 aliphatic heterocycles. The summed E-state index contributed by atoms with van der Waals surface area (Å²) in [6, 6.07) is 8.26. The van der Waals surface area contributed by atoms with Crippen LogP contribution in [0.3, 0.4) is 0 Å². The molecule has 3 aromatic rings. The van der Waals surface area contributed by atoms with Crippen molar-refractivity contribution in [2.45, 2.75) is 13.0 Å². The molecule has 1 fully saturated rings. The zero-order valence-corrected chi connectivity index (χ0v) is 15.1. The first kappa shape index (κ1) is 16.8. The van der Waals surface area contributed by atoms with Gasteiger partial charge in [-0.3, -0.25) is 4.90 Å². The Labute approximate surface area is 153 Å². The van der Waals surface area contributed by atoms with Crippen molar-refractivity contribution >= 4 is 16.9 Å². The fraction of sp³-hybridized carbons (Fsp3) is 0.421. The third-order valence-electron chi connectivity index (χ3n) is 4.95. The zero-order chi connectivity index (χ0) is 17.8. The molecule has 7 heteroatoms. The van der Waals surface area contributed by atoms with Crippen molar-refractivity contribution in [2.75, 3.05) is 44.7 Å². The van der Waals surface area contributed by atoms with E-state index in [2.05, 4.69) is 41.5 Å². The van der Waals surface area contributed by atoms with E-state index in [4.69, 9.17) is 4.74 Å². The van der Waals surface area contributed by atoms with Gasteiger partial charge in [0.05, 0.1) is 25.3 Å². The van der Waals surface area contributed by atoms with Crippen LogP contribution in [-0.4, -0.2) is 64.3 Å². The van der Waals surface area contributed by atoms with Gasteiger partial charge in [0, 0.05) is 32.7 Å². The molecule has 0 bridgehead atoms. The summed E-state index contributed by atoms with van der Waals surface area (Å²) in [4.78, 5) is 17.6. The Morgan fingerprint density at radius 2 is 1.88 bits per heavy atom. The first-order chi connectivity index (χ1) is 12.8. The highest BCUT2D eigenvalue weighted by molar-refractivity contribution is 5.68. The molecule has 0 N–H and O–H groups in total. The van der Waals surface area contributed by atoms with Gasteiger partial charge in [0.15, 0.2) is 5.65 Å². The van der Waals surface area contributed by atoms with Crippen LogP contribution in [0.4, 0.5) is 5.69 Å². The quantitative estimate of drug-likeness (QED) is 0.677. The van der Waals surface area contributed by atoms with Crippen molar-refractivity contribution in [1.29, 1.82) is 0 Å². The molecular formula is C19H24N6O. The summed E-state index contributed by atoms with van der Waals surface area (Å²) in [6.45, 7) is 6.23. The SMILES string of the molecule is COc1ccccc1N1CCN(CCCn2cnc3cncnc32)CC1. The van der Waals surface area contributed by atoms with Crippen LogP contribution >= 0.6 is 0 Å². The van der Waals surface area contributed by atoms with Gasteiger partial charge in [-0.25, -0.2) is 15.0 Å². The van der Waals surface area contributed by atoms with Crippen molar-refractivity contribution in [3.05, 3.63) is 43.1 Å². The summed E-state index contributed by atoms with van der Waals surface area (Å²) in [7, 11) is 1.74. The van der Waals surface area contributed by atoms with Gasteiger partial charge < -0.3 is 14.2 Å². The minimum Gasteiger partial charge on any atom is -0.495 e. The van der Waals surface area contributed by atoms with Crippen molar-refractivity contribution in [3.8, 4) is 5.75 Å². The maximum Gasteiger partial charge on any atom is 0.163 e. The van der Waals surface area contributed by atoms with E-state index in [1.54, 1.807) is 19.6 Å². The van der Waals surface area contributed by atoms with Gasteiger partial charge in [0.1, 0.15) is 17.6 Å². The molecule has 0 saturated carbocycles. The van der Waals surface area contributed by atoms with Gasteiger partial charge in [-0.05, 0) is 25.1 Å². The summed E-state index contributed by atoms with van der Waals surface area (Å²) >= 11 is 0. The predicted octanol–water partition coefficient (Wildman–Crippen LogP) is 2.05. The average Bonchev–Trinajstić information content (AvgIpc) is 3.12. The van der Waals surface area contributed by atoms with Gasteiger partial charge in [0.25, 0.3) is 0 Å². The summed E-state index contributed by atoms with van der Waals surface area (Å²) in [5, 5.41) is 0. The lowest BCUT2D eigenvalue weighted by atomic mass is 10.2. The molecule has 0 unspecified atom stereocenters. The number of fused-ring (bicyclic) bond motifs is 1. The number of piperazine rings is 1. The number of anilines is 1. The fourth-order valence-electron chi connectivity index (χ4n) is 3.55. The number of imidazole rings is 1. The zero-order valence-electron chi connectivity index (χ0n) is 15.1. The second-order valence-electron chi connectivity index (χ2n) is 6.52. The second-order valence-corrected chi connectivity index (χ2v) is 6.52. The van der Waals surface area contributed by atoms with Gasteiger partial charge in [-0.15, -0.1) is 0 Å². The highest BCUT2D eigenvalue weighted by Gasteiger charge is 2.19. The first-order valence-corrected chi connectivity index (χ1v) is 9.06. The Morgan fingerprint density at radius 3 is 2.73 bits per heavy atom. The molecule has 1 aliphatic rings. The molecule has 0 radical (unpaired) electrons. The number of aromatic nitrogens is 4. The van der Waals surface area contributed by atoms with Crippen molar-refractivity contribution in [2.24, 2.45) is 0 Å². The molecule has 0 atom stereocenters. The van der Waals surface area contributed by atoms with Crippen LogP contribution in [0.5, 0.6) is 5.75 Å². The van der Waals surface area contributed by atoms with Crippen LogP contribution in [0.15, 0.2) is 43.1 Å². The van der Waals surface area contributed by atoms with Gasteiger partial charge in [-0.1, -0.05) is 12.1 Å². The lowest BCUT2D eigenvalue weighted by molar-refractivity contribution is 0.250. The van der Waals surface area contributed by atoms with E-state index in [9.17, 15) is 0 Å². The molecule has 3 heterocycles. The average molecular weight is 352 g/mol. The maximum atomic E-state index is 5.49. The van der Waals surface area contributed by atoms with E-state index in [-0.39, 0.29) is 0 Å². The summed E-state index contributed by atoms with van der Waals surface area (Å²) in [6.07, 6.45) is 6.29. The number of benzene rings is 1. The van der Waals surface area contributed by atoms with Crippen LogP contribution in [0.25, 0.3) is 11.2 Å². The standard InChI is InChI=1S/C19H24N6O/c1-26-18-6-3-2-5-17(18)24-11-9-23(10-12-24)7-4-8-25-15-22-16-13-20-14-21-19(16)25/h2-3,5-6,13-15H,4,7-12H2,1H3. The van der Waals surface area contributed by atoms with Crippen LogP contribution in [-0.2, 0) is 6.54 Å². The minimum absolute atomic E-state index is 0.859. The molecule has 136 valence electrons. The normalized spacial score (nSPS) is 15.5. The Hall–Kier alpha value is -2.67. The highest BCUT2D eigenvalue weighted by atomic mass is 16.5. The summed E-state index contributed by atoms with van der Waals surface area (Å²) in [5.74, 6) is 0.954. The largest absolute Gasteiger partial charge is 0.495 e. The first-order valence-electron chi connectivity index (χ1n) is 9.06. The Bertz CT molecular complexity index is 856. The number of methoxy groups -OCH3 is 1. The molecule has 1 saturated heterocycles. The van der Waals surface area contributed by atoms with Crippen LogP contribution in [0.1, 0.15) is 6.42 Å². The molecule has 4 rings (SSSR count). The number of rotatable bonds is 6. The summed E-state index contributed by atoms with van der Waals surface area (Å²) in [5.41, 5.74) is 2.97. The van der Waals surface area contributed by atoms with Gasteiger partial charge in [0.2, 0.25) is 0 Å². The van der Waals surface area contributed by atoms with Crippen LogP contribution in [0.2, 0.25) is 0 Å². The molecule has 0 aliphatic carbocycles. The molecule has 26 heavy (non-hydrogen) atoms. The third kappa shape index (κ3) is 3.48. The minimum atomic E-state index is 0.859. The van der Waals surface area contributed by atoms with E-state index in [1.807, 2.05) is 18.5 Å². The number of hydrogen-bond donors (Lipinski definition) is 0. The van der Waals surface area contributed by atoms with E-state index in [0.717, 1.165) is 62.6 Å². The van der Waals surface area contributed by atoms with E-state index < -0.39 is 0 Å². The Kier molecular flexibility index (Phi) is 4.97. The Morgan fingerprint density at radius 1 is 1.04 bits per heavy atom. The predicted molar refractivity (Wildman–Crippen MR) is 102 cm³/mol. The fourth-order valence-corrected chi connectivity index (χ4v) is 3.55. The van der Waals surface area contributed by atoms with Crippen LogP contribution < -0.4 is 9.64 Å². The van der Waals surface area contributed by atoms with E-state index in [1.165, 1.54) is 5.69 Å². The van der Waals surface area contributed by atoms with Crippen molar-refractivity contribution in [1.82, 2.24) is 24.4 Å². The molecule has 7 nitrogen and oxygen atoms in total. The topological polar surface area (TPSA) is 59.3 Å². The molecule has 0 spiro atoms. The lowest BCUT2D eigenvalue weighted by Gasteiger charge is -2.36. The van der Waals surface area contributed by atoms with Crippen molar-refractivity contribution in [3.63, 3.8) is 0 Å². The highest BCUT2D eigenvalue weighted by Crippen LogP contribution is 2.28. The number of aryl methyl sites for hydroxylation is 1. The van der Waals surface area contributed by atoms with Gasteiger partial charge in [-0.2, -0.15) is 0 Å². The maximum absolute atomic E-state index is 5.49. The number of hydrogen-bond acceptors (Lipinski definition) is 6. The van der Waals surface area contributed by atoms with E-state index >= 15 is 0 Å². The number of nitrogens with zero attached hydrogens (tertiary/aromatic N) is 6. The van der Waals surface area contributed by atoms with Gasteiger partial charge >= 0.3 is 0 Å². The smallest absolute Gasteiger partial charge is 0.163 e. The monoisotopic (exact) mass is 352 g/mol. The number of para-hydroxylation sites is 2. The van der Waals surface area contributed by atoms with Crippen LogP contribution in [0, 0.1) is 0 Å². The molecule has 1 aromatic carbocycles. The lowest BCUT2D eigenvalue weighted by Crippen LogP contribution is -2.46. The second kappa shape index (κ2) is 7.70. The summed E-state index contributed by atoms with van der Waals surface area (Å²) < 4.78 is 7.61. The Balaban J connectivity index is 1.28. The molecule has 2 aromatic heterocycles.